The van der Waals surface area contributed by atoms with Gasteiger partial charge in [0.1, 0.15) is 11.6 Å². The number of fused-ring (bicyclic) bond motifs is 1. The minimum Gasteiger partial charge on any atom is -0.331 e. The van der Waals surface area contributed by atoms with Crippen molar-refractivity contribution in [1.29, 1.82) is 0 Å². The van der Waals surface area contributed by atoms with Crippen LogP contribution in [-0.2, 0) is 18.3 Å². The lowest BCUT2D eigenvalue weighted by Crippen LogP contribution is -2.03. The van der Waals surface area contributed by atoms with Crippen LogP contribution >= 0.6 is 11.6 Å². The lowest BCUT2D eigenvalue weighted by atomic mass is 10.3. The van der Waals surface area contributed by atoms with Crippen molar-refractivity contribution in [2.45, 2.75) is 13.3 Å². The first-order valence-corrected chi connectivity index (χ1v) is 5.06. The fourth-order valence-corrected chi connectivity index (χ4v) is 1.76. The van der Waals surface area contributed by atoms with Crippen molar-refractivity contribution in [3.63, 3.8) is 0 Å². The zero-order valence-corrected chi connectivity index (χ0v) is 9.38. The summed E-state index contributed by atoms with van der Waals surface area (Å²) in [6.07, 6.45) is 0.364. The van der Waals surface area contributed by atoms with Gasteiger partial charge in [-0.1, -0.05) is 11.6 Å². The Balaban J connectivity index is 2.59. The highest BCUT2D eigenvalue weighted by Gasteiger charge is 2.09. The van der Waals surface area contributed by atoms with Crippen LogP contribution in [-0.4, -0.2) is 15.3 Å². The van der Waals surface area contributed by atoms with Crippen LogP contribution in [0.1, 0.15) is 12.7 Å². The Morgan fingerprint density at radius 1 is 1.53 bits per heavy atom. The third-order valence-corrected chi connectivity index (χ3v) is 2.58. The zero-order chi connectivity index (χ0) is 11.0. The number of halogens is 1. The minimum absolute atomic E-state index is 0.111. The number of aromatic nitrogens is 2. The average molecular weight is 223 g/mol. The largest absolute Gasteiger partial charge is 0.331 e. The molecule has 0 fully saturated rings. The molecule has 0 aliphatic rings. The van der Waals surface area contributed by atoms with Crippen LogP contribution < -0.4 is 0 Å². The first kappa shape index (κ1) is 10.2. The number of nitrogens with zero attached hydrogens (tertiary/aromatic N) is 2. The summed E-state index contributed by atoms with van der Waals surface area (Å²) in [6.45, 7) is 1.56. The van der Waals surface area contributed by atoms with Crippen molar-refractivity contribution in [1.82, 2.24) is 9.55 Å². The van der Waals surface area contributed by atoms with E-state index in [4.69, 9.17) is 11.6 Å². The molecule has 0 spiro atoms. The van der Waals surface area contributed by atoms with Gasteiger partial charge in [0.2, 0.25) is 0 Å². The molecule has 15 heavy (non-hydrogen) atoms. The molecule has 0 aliphatic carbocycles. The van der Waals surface area contributed by atoms with Crippen molar-refractivity contribution >= 4 is 28.4 Å². The van der Waals surface area contributed by atoms with Gasteiger partial charge in [0.05, 0.1) is 17.5 Å². The van der Waals surface area contributed by atoms with Gasteiger partial charge in [0, 0.05) is 12.1 Å². The molecule has 78 valence electrons. The van der Waals surface area contributed by atoms with Gasteiger partial charge >= 0.3 is 0 Å². The average Bonchev–Trinajstić information content (AvgIpc) is 2.44. The predicted molar refractivity (Wildman–Crippen MR) is 60.1 cm³/mol. The van der Waals surface area contributed by atoms with Crippen molar-refractivity contribution in [3.8, 4) is 0 Å². The summed E-state index contributed by atoms with van der Waals surface area (Å²) in [5, 5.41) is 0.680. The third-order valence-electron chi connectivity index (χ3n) is 2.34. The van der Waals surface area contributed by atoms with Crippen molar-refractivity contribution in [3.05, 3.63) is 29.0 Å². The van der Waals surface area contributed by atoms with Gasteiger partial charge in [-0.2, -0.15) is 0 Å². The number of Topliss-reactive ketones (excluding diaryl/α,β-unsaturated/α-hetero) is 1. The summed E-state index contributed by atoms with van der Waals surface area (Å²) in [7, 11) is 1.89. The van der Waals surface area contributed by atoms with Gasteiger partial charge in [-0.25, -0.2) is 4.98 Å². The lowest BCUT2D eigenvalue weighted by Gasteiger charge is -1.99. The van der Waals surface area contributed by atoms with Gasteiger partial charge in [-0.15, -0.1) is 0 Å². The van der Waals surface area contributed by atoms with Crippen molar-refractivity contribution < 1.29 is 4.79 Å². The van der Waals surface area contributed by atoms with E-state index in [9.17, 15) is 4.79 Å². The molecule has 1 aromatic carbocycles. The second-order valence-corrected chi connectivity index (χ2v) is 4.04. The molecule has 0 saturated heterocycles. The summed E-state index contributed by atoms with van der Waals surface area (Å²) in [4.78, 5) is 15.4. The van der Waals surface area contributed by atoms with Gasteiger partial charge in [-0.3, -0.25) is 4.79 Å². The molecule has 0 radical (unpaired) electrons. The van der Waals surface area contributed by atoms with Gasteiger partial charge in [0.15, 0.2) is 0 Å². The third kappa shape index (κ3) is 1.88. The summed E-state index contributed by atoms with van der Waals surface area (Å²) in [5.74, 6) is 0.888. The van der Waals surface area contributed by atoms with Crippen LogP contribution in [0.2, 0.25) is 5.02 Å². The Bertz CT molecular complexity index is 531. The predicted octanol–water partition coefficient (Wildman–Crippen LogP) is 2.36. The Morgan fingerprint density at radius 2 is 2.27 bits per heavy atom. The van der Waals surface area contributed by atoms with Crippen molar-refractivity contribution in [2.75, 3.05) is 0 Å². The van der Waals surface area contributed by atoms with E-state index in [0.29, 0.717) is 11.4 Å². The number of rotatable bonds is 2. The molecular formula is C11H11ClN2O. The number of aryl methyl sites for hydroxylation is 1. The maximum Gasteiger partial charge on any atom is 0.137 e. The van der Waals surface area contributed by atoms with E-state index in [1.807, 2.05) is 23.7 Å². The number of hydrogen-bond acceptors (Lipinski definition) is 2. The molecule has 0 aliphatic heterocycles. The van der Waals surface area contributed by atoms with E-state index >= 15 is 0 Å². The van der Waals surface area contributed by atoms with Crippen molar-refractivity contribution in [2.24, 2.45) is 7.05 Å². The molecule has 1 heterocycles. The molecule has 0 saturated carbocycles. The Morgan fingerprint density at radius 3 is 2.93 bits per heavy atom. The number of ketones is 1. The van der Waals surface area contributed by atoms with Crippen LogP contribution in [0.4, 0.5) is 0 Å². The molecule has 2 aromatic rings. The molecule has 0 N–H and O–H groups in total. The zero-order valence-electron chi connectivity index (χ0n) is 8.62. The van der Waals surface area contributed by atoms with Crippen LogP contribution in [0, 0.1) is 0 Å². The highest BCUT2D eigenvalue weighted by atomic mass is 35.5. The van der Waals surface area contributed by atoms with Crippen LogP contribution in [0.5, 0.6) is 0 Å². The quantitative estimate of drug-likeness (QED) is 0.782. The smallest absolute Gasteiger partial charge is 0.137 e. The molecule has 0 atom stereocenters. The monoisotopic (exact) mass is 222 g/mol. The summed E-state index contributed by atoms with van der Waals surface area (Å²) >= 11 is 5.90. The molecule has 3 nitrogen and oxygen atoms in total. The normalized spacial score (nSPS) is 10.9. The number of carbonyl (C=O) groups excluding carboxylic acids is 1. The minimum atomic E-state index is 0.111. The first-order valence-electron chi connectivity index (χ1n) is 4.68. The Labute approximate surface area is 92.7 Å². The maximum atomic E-state index is 11.0. The SMILES string of the molecule is CC(=O)Cc1nc2ccc(Cl)cc2n1C. The number of imidazole rings is 1. The standard InChI is InChI=1S/C11H11ClN2O/c1-7(15)5-11-13-9-4-3-8(12)6-10(9)14(11)2/h3-4,6H,5H2,1-2H3. The number of benzene rings is 1. The summed E-state index contributed by atoms with van der Waals surface area (Å²) in [5.41, 5.74) is 1.83. The highest BCUT2D eigenvalue weighted by molar-refractivity contribution is 6.31. The maximum absolute atomic E-state index is 11.0. The van der Waals surface area contributed by atoms with Gasteiger partial charge in [0.25, 0.3) is 0 Å². The molecule has 0 bridgehead atoms. The van der Waals surface area contributed by atoms with Crippen LogP contribution in [0.3, 0.4) is 0 Å². The highest BCUT2D eigenvalue weighted by Crippen LogP contribution is 2.19. The molecule has 4 heteroatoms. The van der Waals surface area contributed by atoms with Crippen LogP contribution in [0.15, 0.2) is 18.2 Å². The van der Waals surface area contributed by atoms with Gasteiger partial charge < -0.3 is 4.57 Å². The van der Waals surface area contributed by atoms with E-state index in [1.165, 1.54) is 0 Å². The van der Waals surface area contributed by atoms with E-state index in [0.717, 1.165) is 16.9 Å². The second kappa shape index (κ2) is 3.66. The van der Waals surface area contributed by atoms with Crippen LogP contribution in [0.25, 0.3) is 11.0 Å². The number of hydrogen-bond donors (Lipinski definition) is 0. The molecule has 0 unspecified atom stereocenters. The molecule has 2 rings (SSSR count). The van der Waals surface area contributed by atoms with E-state index in [2.05, 4.69) is 4.98 Å². The van der Waals surface area contributed by atoms with E-state index in [1.54, 1.807) is 13.0 Å². The van der Waals surface area contributed by atoms with Gasteiger partial charge in [-0.05, 0) is 25.1 Å². The van der Waals surface area contributed by atoms with E-state index in [-0.39, 0.29) is 5.78 Å². The van der Waals surface area contributed by atoms with E-state index < -0.39 is 0 Å². The Kier molecular flexibility index (Phi) is 2.49. The summed E-state index contributed by atoms with van der Waals surface area (Å²) in [6, 6.07) is 5.52. The summed E-state index contributed by atoms with van der Waals surface area (Å²) < 4.78 is 1.91. The second-order valence-electron chi connectivity index (χ2n) is 3.60. The molecule has 0 amide bonds. The fraction of sp³-hybridized carbons (Fsp3) is 0.273. The number of carbonyl (C=O) groups is 1. The first-order chi connectivity index (χ1) is 7.08. The Hall–Kier alpha value is -1.35. The molecule has 1 aromatic heterocycles. The molecular weight excluding hydrogens is 212 g/mol. The lowest BCUT2D eigenvalue weighted by molar-refractivity contribution is -0.116. The topological polar surface area (TPSA) is 34.9 Å². The fourth-order valence-electron chi connectivity index (χ4n) is 1.59.